The van der Waals surface area contributed by atoms with Gasteiger partial charge in [0.2, 0.25) is 0 Å². The molecule has 74 valence electrons. The van der Waals surface area contributed by atoms with Crippen LogP contribution in [0.3, 0.4) is 0 Å². The number of hydrogen-bond donors (Lipinski definition) is 2. The second-order valence-electron chi connectivity index (χ2n) is 3.25. The highest BCUT2D eigenvalue weighted by atomic mass is 35.5. The number of aliphatic hydroxyl groups excluding tert-OH is 1. The van der Waals surface area contributed by atoms with Crippen molar-refractivity contribution >= 4 is 22.9 Å². The van der Waals surface area contributed by atoms with Crippen molar-refractivity contribution in [1.29, 1.82) is 0 Å². The van der Waals surface area contributed by atoms with Crippen LogP contribution in [0.2, 0.25) is 5.02 Å². The molecule has 0 aliphatic heterocycles. The fraction of sp³-hybridized carbons (Fsp3) is 0.556. The maximum atomic E-state index is 9.77. The molecule has 0 aromatic carbocycles. The summed E-state index contributed by atoms with van der Waals surface area (Å²) in [4.78, 5) is 2.08. The lowest BCUT2D eigenvalue weighted by molar-refractivity contribution is 0.153. The van der Waals surface area contributed by atoms with Crippen molar-refractivity contribution in [3.8, 4) is 0 Å². The number of rotatable bonds is 2. The number of nitrogens with two attached hydrogens (primary N) is 1. The first-order valence-electron chi connectivity index (χ1n) is 4.14. The number of aliphatic hydroxyl groups is 1. The van der Waals surface area contributed by atoms with E-state index in [2.05, 4.69) is 0 Å². The Morgan fingerprint density at radius 2 is 1.92 bits per heavy atom. The van der Waals surface area contributed by atoms with Gasteiger partial charge in [-0.2, -0.15) is 0 Å². The van der Waals surface area contributed by atoms with Crippen molar-refractivity contribution in [3.63, 3.8) is 0 Å². The molecule has 4 heteroatoms. The van der Waals surface area contributed by atoms with Gasteiger partial charge < -0.3 is 10.8 Å². The van der Waals surface area contributed by atoms with Crippen LogP contribution in [0.4, 0.5) is 0 Å². The Kier molecular flexibility index (Phi) is 3.35. The summed E-state index contributed by atoms with van der Waals surface area (Å²) in [6, 6.07) is -0.287. The highest BCUT2D eigenvalue weighted by Crippen LogP contribution is 2.36. The van der Waals surface area contributed by atoms with Crippen LogP contribution in [-0.2, 0) is 0 Å². The summed E-state index contributed by atoms with van der Waals surface area (Å²) < 4.78 is 0. The van der Waals surface area contributed by atoms with Crippen molar-refractivity contribution in [2.45, 2.75) is 32.9 Å². The van der Waals surface area contributed by atoms with Gasteiger partial charge in [-0.15, -0.1) is 11.3 Å². The van der Waals surface area contributed by atoms with E-state index in [-0.39, 0.29) is 6.04 Å². The molecule has 0 aliphatic rings. The minimum atomic E-state index is -0.655. The zero-order chi connectivity index (χ0) is 10.2. The monoisotopic (exact) mass is 219 g/mol. The lowest BCUT2D eigenvalue weighted by Crippen LogP contribution is -2.24. The summed E-state index contributed by atoms with van der Waals surface area (Å²) in [7, 11) is 0. The number of thiophene rings is 1. The third kappa shape index (κ3) is 2.05. The van der Waals surface area contributed by atoms with Crippen LogP contribution in [0.1, 0.15) is 28.3 Å². The predicted octanol–water partition coefficient (Wildman–Crippen LogP) is 2.40. The minimum Gasteiger partial charge on any atom is -0.387 e. The number of aryl methyl sites for hydroxylation is 2. The molecule has 1 aromatic rings. The summed E-state index contributed by atoms with van der Waals surface area (Å²) in [5.41, 5.74) is 6.40. The fourth-order valence-corrected chi connectivity index (χ4v) is 2.69. The molecule has 0 radical (unpaired) electrons. The smallest absolute Gasteiger partial charge is 0.0963 e. The molecule has 1 rings (SSSR count). The van der Waals surface area contributed by atoms with Gasteiger partial charge >= 0.3 is 0 Å². The molecule has 0 amide bonds. The molecule has 2 nitrogen and oxygen atoms in total. The molecule has 0 bridgehead atoms. The van der Waals surface area contributed by atoms with Gasteiger partial charge in [0.05, 0.1) is 11.1 Å². The van der Waals surface area contributed by atoms with E-state index < -0.39 is 6.10 Å². The van der Waals surface area contributed by atoms with Crippen LogP contribution in [-0.4, -0.2) is 11.1 Å². The van der Waals surface area contributed by atoms with Crippen LogP contribution in [0.15, 0.2) is 0 Å². The molecule has 0 aliphatic carbocycles. The van der Waals surface area contributed by atoms with Gasteiger partial charge in [0.15, 0.2) is 0 Å². The van der Waals surface area contributed by atoms with Crippen LogP contribution in [0.25, 0.3) is 0 Å². The van der Waals surface area contributed by atoms with Crippen molar-refractivity contribution in [2.75, 3.05) is 0 Å². The van der Waals surface area contributed by atoms with Gasteiger partial charge in [-0.1, -0.05) is 11.6 Å². The number of hydrogen-bond acceptors (Lipinski definition) is 3. The average Bonchev–Trinajstić information content (AvgIpc) is 2.26. The second-order valence-corrected chi connectivity index (χ2v) is 5.05. The molecule has 13 heavy (non-hydrogen) atoms. The molecule has 2 unspecified atom stereocenters. The predicted molar refractivity (Wildman–Crippen MR) is 57.4 cm³/mol. The Bertz CT molecular complexity index is 309. The summed E-state index contributed by atoms with van der Waals surface area (Å²) in [6.07, 6.45) is -0.655. The first kappa shape index (κ1) is 11.0. The van der Waals surface area contributed by atoms with E-state index in [9.17, 15) is 5.11 Å². The Labute approximate surface area is 87.3 Å². The van der Waals surface area contributed by atoms with Gasteiger partial charge in [0, 0.05) is 21.4 Å². The average molecular weight is 220 g/mol. The van der Waals surface area contributed by atoms with Gasteiger partial charge in [0.25, 0.3) is 0 Å². The minimum absolute atomic E-state index is 0.287. The van der Waals surface area contributed by atoms with Crippen LogP contribution in [0, 0.1) is 13.8 Å². The third-order valence-electron chi connectivity index (χ3n) is 2.02. The van der Waals surface area contributed by atoms with Crippen molar-refractivity contribution in [2.24, 2.45) is 5.73 Å². The highest BCUT2D eigenvalue weighted by molar-refractivity contribution is 7.12. The Morgan fingerprint density at radius 1 is 1.38 bits per heavy atom. The van der Waals surface area contributed by atoms with E-state index in [1.54, 1.807) is 18.3 Å². The standard InChI is InChI=1S/C9H14ClNOS/c1-4(11)9(12)7-5(2)13-6(3)8(7)10/h4,9,12H,11H2,1-3H3. The summed E-state index contributed by atoms with van der Waals surface area (Å²) in [5, 5.41) is 10.4. The van der Waals surface area contributed by atoms with Crippen molar-refractivity contribution < 1.29 is 5.11 Å². The Balaban J connectivity index is 3.13. The first-order valence-corrected chi connectivity index (χ1v) is 5.33. The third-order valence-corrected chi connectivity index (χ3v) is 3.66. The Hall–Kier alpha value is -0.0900. The van der Waals surface area contributed by atoms with E-state index in [0.29, 0.717) is 5.02 Å². The van der Waals surface area contributed by atoms with Crippen LogP contribution >= 0.6 is 22.9 Å². The maximum absolute atomic E-state index is 9.77. The van der Waals surface area contributed by atoms with Crippen LogP contribution in [0.5, 0.6) is 0 Å². The van der Waals surface area contributed by atoms with E-state index in [4.69, 9.17) is 17.3 Å². The molecule has 0 saturated carbocycles. The topological polar surface area (TPSA) is 46.2 Å². The molecule has 2 atom stereocenters. The lowest BCUT2D eigenvalue weighted by Gasteiger charge is -2.14. The molecule has 0 fully saturated rings. The summed E-state index contributed by atoms with van der Waals surface area (Å²) >= 11 is 7.64. The van der Waals surface area contributed by atoms with E-state index >= 15 is 0 Å². The van der Waals surface area contributed by atoms with Crippen molar-refractivity contribution in [1.82, 2.24) is 0 Å². The quantitative estimate of drug-likeness (QED) is 0.803. The van der Waals surface area contributed by atoms with Gasteiger partial charge in [-0.25, -0.2) is 0 Å². The van der Waals surface area contributed by atoms with Crippen LogP contribution < -0.4 is 5.73 Å². The van der Waals surface area contributed by atoms with E-state index in [1.807, 2.05) is 13.8 Å². The largest absolute Gasteiger partial charge is 0.387 e. The maximum Gasteiger partial charge on any atom is 0.0963 e. The van der Waals surface area contributed by atoms with E-state index in [0.717, 1.165) is 15.3 Å². The van der Waals surface area contributed by atoms with Gasteiger partial charge in [-0.3, -0.25) is 0 Å². The van der Waals surface area contributed by atoms with Gasteiger partial charge in [-0.05, 0) is 20.8 Å². The molecular weight excluding hydrogens is 206 g/mol. The fourth-order valence-electron chi connectivity index (χ4n) is 1.27. The number of halogens is 1. The van der Waals surface area contributed by atoms with Gasteiger partial charge in [0.1, 0.15) is 0 Å². The molecule has 1 aromatic heterocycles. The van der Waals surface area contributed by atoms with Crippen molar-refractivity contribution in [3.05, 3.63) is 20.3 Å². The summed E-state index contributed by atoms with van der Waals surface area (Å²) in [6.45, 7) is 5.66. The molecule has 3 N–H and O–H groups in total. The molecule has 1 heterocycles. The normalized spacial score (nSPS) is 15.8. The molecule has 0 saturated heterocycles. The zero-order valence-corrected chi connectivity index (χ0v) is 9.54. The zero-order valence-electron chi connectivity index (χ0n) is 7.97. The highest BCUT2D eigenvalue weighted by Gasteiger charge is 2.21. The molecule has 0 spiro atoms. The lowest BCUT2D eigenvalue weighted by atomic mass is 10.1. The molecular formula is C9H14ClNOS. The second kappa shape index (κ2) is 3.96. The summed E-state index contributed by atoms with van der Waals surface area (Å²) in [5.74, 6) is 0. The SMILES string of the molecule is Cc1sc(C)c(C(O)C(C)N)c1Cl. The first-order chi connectivity index (χ1) is 5.95. The van der Waals surface area contributed by atoms with E-state index in [1.165, 1.54) is 0 Å². The Morgan fingerprint density at radius 3 is 2.23 bits per heavy atom.